The van der Waals surface area contributed by atoms with E-state index in [9.17, 15) is 27.6 Å². The maximum absolute atomic E-state index is 13.6. The molecule has 0 spiro atoms. The summed E-state index contributed by atoms with van der Waals surface area (Å²) in [7, 11) is 1.26. The molecule has 0 N–H and O–H groups in total. The molecule has 43 heavy (non-hydrogen) atoms. The van der Waals surface area contributed by atoms with Gasteiger partial charge in [-0.25, -0.2) is 4.79 Å². The Labute approximate surface area is 248 Å². The van der Waals surface area contributed by atoms with Crippen molar-refractivity contribution in [2.24, 2.45) is 0 Å². The number of pyridine rings is 1. The molecule has 4 rings (SSSR count). The number of aromatic nitrogens is 1. The fourth-order valence-corrected chi connectivity index (χ4v) is 4.86. The van der Waals surface area contributed by atoms with Crippen LogP contribution in [0.25, 0.3) is 6.08 Å². The number of hydrogen-bond donors (Lipinski definition) is 0. The zero-order chi connectivity index (χ0) is 31.0. The minimum atomic E-state index is -4.57. The second-order valence-electron chi connectivity index (χ2n) is 10.2. The predicted molar refractivity (Wildman–Crippen MR) is 156 cm³/mol. The molecule has 1 atom stereocenters. The van der Waals surface area contributed by atoms with Crippen LogP contribution in [-0.2, 0) is 38.3 Å². The van der Waals surface area contributed by atoms with Crippen LogP contribution >= 0.6 is 0 Å². The van der Waals surface area contributed by atoms with E-state index in [1.54, 1.807) is 6.92 Å². The van der Waals surface area contributed by atoms with Gasteiger partial charge in [0.15, 0.2) is 0 Å². The summed E-state index contributed by atoms with van der Waals surface area (Å²) in [4.78, 5) is 47.1. The molecule has 0 saturated carbocycles. The van der Waals surface area contributed by atoms with E-state index in [0.717, 1.165) is 29.1 Å². The zero-order valence-corrected chi connectivity index (χ0v) is 24.0. The van der Waals surface area contributed by atoms with Crippen molar-refractivity contribution < 1.29 is 32.3 Å². The lowest BCUT2D eigenvalue weighted by molar-refractivity contribution is -0.151. The highest BCUT2D eigenvalue weighted by Gasteiger charge is 2.32. The van der Waals surface area contributed by atoms with Gasteiger partial charge in [0.05, 0.1) is 7.11 Å². The van der Waals surface area contributed by atoms with Gasteiger partial charge in [-0.15, -0.1) is 0 Å². The number of benzene rings is 2. The second-order valence-corrected chi connectivity index (χ2v) is 10.2. The fraction of sp³-hybridized carbons (Fsp3) is 0.312. The number of carbonyl (C=O) groups excluding carboxylic acids is 3. The van der Waals surface area contributed by atoms with Crippen molar-refractivity contribution in [3.8, 4) is 0 Å². The number of hydrogen-bond acceptors (Lipinski definition) is 6. The van der Waals surface area contributed by atoms with Crippen molar-refractivity contribution in [2.75, 3.05) is 38.2 Å². The molecule has 0 aliphatic carbocycles. The molecule has 11 heteroatoms. The lowest BCUT2D eigenvalue weighted by Crippen LogP contribution is -2.48. The van der Waals surface area contributed by atoms with Gasteiger partial charge in [0.1, 0.15) is 11.7 Å². The van der Waals surface area contributed by atoms with E-state index in [0.29, 0.717) is 31.7 Å². The number of methoxy groups -OCH3 is 1. The average molecular weight is 595 g/mol. The van der Waals surface area contributed by atoms with Gasteiger partial charge in [-0.05, 0) is 41.0 Å². The molecule has 2 aromatic carbocycles. The Morgan fingerprint density at radius 3 is 2.19 bits per heavy atom. The third kappa shape index (κ3) is 8.43. The van der Waals surface area contributed by atoms with Crippen LogP contribution in [0, 0.1) is 0 Å². The molecule has 0 unspecified atom stereocenters. The Kier molecular flexibility index (Phi) is 10.2. The lowest BCUT2D eigenvalue weighted by atomic mass is 10.0. The standard InChI is InChI=1S/C32H33F3N4O4/c1-23(40)37-16-18-38(19-17-37)27-12-8-26(9-13-27)22-39(28(31(42)43-2)20-24-6-4-3-5-7-24)30(41)15-11-25-10-14-29(36-21-25)32(33,34)35/h3-15,21,28H,16-20,22H2,1-2H3/b15-11+/t28-/m0/s1. The first-order valence-electron chi connectivity index (χ1n) is 13.8. The Morgan fingerprint density at radius 1 is 0.953 bits per heavy atom. The van der Waals surface area contributed by atoms with E-state index in [2.05, 4.69) is 9.88 Å². The summed E-state index contributed by atoms with van der Waals surface area (Å²) >= 11 is 0. The molecule has 1 saturated heterocycles. The lowest BCUT2D eigenvalue weighted by Gasteiger charge is -2.35. The van der Waals surface area contributed by atoms with Gasteiger partial charge < -0.3 is 19.4 Å². The summed E-state index contributed by atoms with van der Waals surface area (Å²) in [6.45, 7) is 4.33. The van der Waals surface area contributed by atoms with Crippen LogP contribution in [0.1, 0.15) is 29.3 Å². The van der Waals surface area contributed by atoms with Gasteiger partial charge in [-0.2, -0.15) is 13.2 Å². The Morgan fingerprint density at radius 2 is 1.63 bits per heavy atom. The Balaban J connectivity index is 1.57. The van der Waals surface area contributed by atoms with Crippen LogP contribution < -0.4 is 4.90 Å². The summed E-state index contributed by atoms with van der Waals surface area (Å²) in [5.74, 6) is -1.06. The first-order valence-corrected chi connectivity index (χ1v) is 13.8. The summed E-state index contributed by atoms with van der Waals surface area (Å²) in [6.07, 6.45) is -0.753. The average Bonchev–Trinajstić information content (AvgIpc) is 3.01. The normalized spacial score (nSPS) is 14.4. The predicted octanol–water partition coefficient (Wildman–Crippen LogP) is 4.60. The van der Waals surface area contributed by atoms with Crippen LogP contribution in [0.2, 0.25) is 0 Å². The van der Waals surface area contributed by atoms with Crippen LogP contribution in [-0.4, -0.2) is 71.9 Å². The number of alkyl halides is 3. The number of piperazine rings is 1. The minimum absolute atomic E-state index is 0.0547. The van der Waals surface area contributed by atoms with Crippen molar-refractivity contribution in [3.05, 3.63) is 101 Å². The van der Waals surface area contributed by atoms with Crippen molar-refractivity contribution in [1.82, 2.24) is 14.8 Å². The number of halogens is 3. The first-order chi connectivity index (χ1) is 20.5. The SMILES string of the molecule is COC(=O)[C@H](Cc1ccccc1)N(Cc1ccc(N2CCN(C(C)=O)CC2)cc1)C(=O)/C=C/c1ccc(C(F)(F)F)nc1. The van der Waals surface area contributed by atoms with Crippen molar-refractivity contribution in [1.29, 1.82) is 0 Å². The Hall–Kier alpha value is -4.67. The number of ether oxygens (including phenoxy) is 1. The molecule has 0 bridgehead atoms. The smallest absolute Gasteiger partial charge is 0.433 e. The monoisotopic (exact) mass is 594 g/mol. The third-order valence-electron chi connectivity index (χ3n) is 7.28. The van der Waals surface area contributed by atoms with Crippen LogP contribution in [0.3, 0.4) is 0 Å². The van der Waals surface area contributed by atoms with Gasteiger partial charge in [-0.1, -0.05) is 48.5 Å². The van der Waals surface area contributed by atoms with E-state index >= 15 is 0 Å². The summed E-state index contributed by atoms with van der Waals surface area (Å²) in [6, 6.07) is 18.0. The third-order valence-corrected chi connectivity index (χ3v) is 7.28. The maximum atomic E-state index is 13.6. The fourth-order valence-electron chi connectivity index (χ4n) is 4.86. The number of amides is 2. The van der Waals surface area contributed by atoms with E-state index in [-0.39, 0.29) is 18.9 Å². The highest BCUT2D eigenvalue weighted by molar-refractivity contribution is 5.94. The van der Waals surface area contributed by atoms with E-state index in [4.69, 9.17) is 4.74 Å². The largest absolute Gasteiger partial charge is 0.467 e. The van der Waals surface area contributed by atoms with Gasteiger partial charge in [0, 0.05) is 64.0 Å². The first kappa shape index (κ1) is 31.3. The highest BCUT2D eigenvalue weighted by atomic mass is 19.4. The van der Waals surface area contributed by atoms with Crippen molar-refractivity contribution in [3.63, 3.8) is 0 Å². The number of carbonyl (C=O) groups is 3. The molecule has 1 aromatic heterocycles. The van der Waals surface area contributed by atoms with Gasteiger partial charge in [0.2, 0.25) is 11.8 Å². The minimum Gasteiger partial charge on any atom is -0.467 e. The number of rotatable bonds is 9. The second kappa shape index (κ2) is 14.0. The van der Waals surface area contributed by atoms with E-state index < -0.39 is 29.8 Å². The van der Waals surface area contributed by atoms with Crippen LogP contribution in [0.15, 0.2) is 79.0 Å². The van der Waals surface area contributed by atoms with Crippen LogP contribution in [0.4, 0.5) is 18.9 Å². The quantitative estimate of drug-likeness (QED) is 0.266. The molecule has 3 aromatic rings. The molecule has 2 heterocycles. The molecular weight excluding hydrogens is 561 g/mol. The molecule has 0 radical (unpaired) electrons. The maximum Gasteiger partial charge on any atom is 0.433 e. The number of nitrogens with zero attached hydrogens (tertiary/aromatic N) is 4. The van der Waals surface area contributed by atoms with Gasteiger partial charge >= 0.3 is 12.1 Å². The molecule has 226 valence electrons. The summed E-state index contributed by atoms with van der Waals surface area (Å²) < 4.78 is 43.8. The highest BCUT2D eigenvalue weighted by Crippen LogP contribution is 2.27. The number of esters is 1. The van der Waals surface area contributed by atoms with Crippen molar-refractivity contribution >= 4 is 29.5 Å². The topological polar surface area (TPSA) is 83.0 Å². The number of anilines is 1. The summed E-state index contributed by atoms with van der Waals surface area (Å²) in [5.41, 5.74) is 1.84. The zero-order valence-electron chi connectivity index (χ0n) is 24.0. The Bertz CT molecular complexity index is 1420. The molecule has 1 aliphatic rings. The molecule has 1 fully saturated rings. The van der Waals surface area contributed by atoms with E-state index in [1.807, 2.05) is 59.5 Å². The van der Waals surface area contributed by atoms with E-state index in [1.165, 1.54) is 30.2 Å². The molecular formula is C32H33F3N4O4. The van der Waals surface area contributed by atoms with Gasteiger partial charge in [-0.3, -0.25) is 14.6 Å². The molecule has 2 amide bonds. The molecule has 1 aliphatic heterocycles. The van der Waals surface area contributed by atoms with Crippen molar-refractivity contribution in [2.45, 2.75) is 32.1 Å². The summed E-state index contributed by atoms with van der Waals surface area (Å²) in [5, 5.41) is 0. The molecule has 8 nitrogen and oxygen atoms in total. The van der Waals surface area contributed by atoms with Crippen LogP contribution in [0.5, 0.6) is 0 Å². The van der Waals surface area contributed by atoms with Gasteiger partial charge in [0.25, 0.3) is 0 Å².